The summed E-state index contributed by atoms with van der Waals surface area (Å²) in [5.74, 6) is -0.336. The van der Waals surface area contributed by atoms with Crippen molar-refractivity contribution >= 4 is 11.3 Å². The molecular weight excluding hydrogens is 283 g/mol. The maximum absolute atomic E-state index is 13.3. The van der Waals surface area contributed by atoms with Gasteiger partial charge in [0.1, 0.15) is 12.7 Å². The molecule has 108 valence electrons. The third-order valence-electron chi connectivity index (χ3n) is 2.53. The average molecular weight is 298 g/mol. The third kappa shape index (κ3) is 4.44. The molecule has 0 bridgehead atoms. The van der Waals surface area contributed by atoms with Crippen LogP contribution in [0.15, 0.2) is 34.4 Å². The highest BCUT2D eigenvalue weighted by Crippen LogP contribution is 2.15. The van der Waals surface area contributed by atoms with Crippen molar-refractivity contribution in [2.24, 2.45) is 0 Å². The highest BCUT2D eigenvalue weighted by Gasteiger charge is 2.07. The summed E-state index contributed by atoms with van der Waals surface area (Å²) in [4.78, 5) is 13.5. The van der Waals surface area contributed by atoms with Gasteiger partial charge in [0.25, 0.3) is 0 Å². The lowest BCUT2D eigenvalue weighted by Gasteiger charge is -2.13. The first kappa shape index (κ1) is 14.7. The Morgan fingerprint density at radius 2 is 2.25 bits per heavy atom. The number of halogens is 1. The third-order valence-corrected chi connectivity index (χ3v) is 3.25. The molecule has 1 aromatic heterocycles. The van der Waals surface area contributed by atoms with Gasteiger partial charge in [-0.05, 0) is 12.1 Å². The molecule has 1 atom stereocenters. The molecule has 0 saturated carbocycles. The van der Waals surface area contributed by atoms with Crippen LogP contribution in [0.5, 0.6) is 5.75 Å². The maximum Gasteiger partial charge on any atom is 0.304 e. The Bertz CT molecular complexity index is 599. The molecule has 0 aliphatic heterocycles. The molecule has 0 fully saturated rings. The number of hydrogen-bond acceptors (Lipinski definition) is 5. The molecule has 1 aromatic carbocycles. The monoisotopic (exact) mass is 298 g/mol. The van der Waals surface area contributed by atoms with E-state index >= 15 is 0 Å². The van der Waals surface area contributed by atoms with Crippen molar-refractivity contribution in [3.05, 3.63) is 50.8 Å². The summed E-state index contributed by atoms with van der Waals surface area (Å²) in [6, 6.07) is 6.04. The Labute approximate surface area is 119 Å². The van der Waals surface area contributed by atoms with E-state index in [0.717, 1.165) is 17.0 Å². The number of thiazole rings is 1. The quantitative estimate of drug-likeness (QED) is 0.716. The fourth-order valence-electron chi connectivity index (χ4n) is 1.58. The molecule has 0 spiro atoms. The Morgan fingerprint density at radius 3 is 2.95 bits per heavy atom. The zero-order chi connectivity index (χ0) is 14.4. The summed E-state index contributed by atoms with van der Waals surface area (Å²) in [5.41, 5.74) is 0.766. The Hall–Kier alpha value is -1.70. The van der Waals surface area contributed by atoms with Gasteiger partial charge in [-0.1, -0.05) is 23.5 Å². The zero-order valence-corrected chi connectivity index (χ0v) is 11.5. The van der Waals surface area contributed by atoms with E-state index in [1.807, 2.05) is 0 Å². The van der Waals surface area contributed by atoms with Gasteiger partial charge in [0.05, 0.1) is 0 Å². The first-order valence-electron chi connectivity index (χ1n) is 6.08. The molecular formula is C13H15FN2O3S. The molecule has 2 aromatic rings. The zero-order valence-electron chi connectivity index (χ0n) is 10.6. The number of aliphatic hydroxyl groups excluding tert-OH is 1. The molecule has 0 aliphatic rings. The van der Waals surface area contributed by atoms with Gasteiger partial charge in [0, 0.05) is 24.2 Å². The van der Waals surface area contributed by atoms with E-state index in [9.17, 15) is 14.3 Å². The van der Waals surface area contributed by atoms with E-state index in [0.29, 0.717) is 6.54 Å². The van der Waals surface area contributed by atoms with Crippen molar-refractivity contribution in [1.29, 1.82) is 0 Å². The van der Waals surface area contributed by atoms with Crippen molar-refractivity contribution < 1.29 is 14.2 Å². The summed E-state index contributed by atoms with van der Waals surface area (Å²) >= 11 is 1.09. The number of ether oxygens (including phenoxy) is 1. The normalized spacial score (nSPS) is 12.3. The average Bonchev–Trinajstić information content (AvgIpc) is 2.83. The minimum absolute atomic E-state index is 0.00586. The van der Waals surface area contributed by atoms with Crippen molar-refractivity contribution in [3.8, 4) is 5.75 Å². The molecule has 0 radical (unpaired) electrons. The summed E-state index contributed by atoms with van der Waals surface area (Å²) in [7, 11) is 0. The maximum atomic E-state index is 13.3. The van der Waals surface area contributed by atoms with E-state index in [4.69, 9.17) is 4.74 Å². The van der Waals surface area contributed by atoms with Gasteiger partial charge < -0.3 is 20.1 Å². The smallest absolute Gasteiger partial charge is 0.304 e. The summed E-state index contributed by atoms with van der Waals surface area (Å²) < 4.78 is 18.4. The van der Waals surface area contributed by atoms with Crippen LogP contribution in [0.4, 0.5) is 4.39 Å². The molecule has 7 heteroatoms. The molecule has 20 heavy (non-hydrogen) atoms. The number of para-hydroxylation sites is 1. The van der Waals surface area contributed by atoms with Crippen LogP contribution in [0.1, 0.15) is 5.69 Å². The predicted octanol–water partition coefficient (Wildman–Crippen LogP) is 1.10. The number of hydrogen-bond donors (Lipinski definition) is 3. The standard InChI is InChI=1S/C13H15FN2O3S/c14-11-3-1-2-4-12(11)19-7-10(17)6-15-5-9-8-20-13(18)16-9/h1-4,8,10,15,17H,5-7H2,(H,16,18). The van der Waals surface area contributed by atoms with Gasteiger partial charge in [-0.15, -0.1) is 0 Å². The first-order valence-corrected chi connectivity index (χ1v) is 6.96. The summed E-state index contributed by atoms with van der Waals surface area (Å²) in [5, 5.41) is 14.4. The van der Waals surface area contributed by atoms with Crippen LogP contribution < -0.4 is 14.9 Å². The molecule has 5 nitrogen and oxygen atoms in total. The topological polar surface area (TPSA) is 74.4 Å². The molecule has 1 heterocycles. The second-order valence-electron chi connectivity index (χ2n) is 4.20. The van der Waals surface area contributed by atoms with E-state index in [-0.39, 0.29) is 23.8 Å². The lowest BCUT2D eigenvalue weighted by atomic mass is 10.3. The lowest BCUT2D eigenvalue weighted by Crippen LogP contribution is -2.31. The minimum Gasteiger partial charge on any atom is -0.488 e. The molecule has 0 aliphatic carbocycles. The largest absolute Gasteiger partial charge is 0.488 e. The van der Waals surface area contributed by atoms with E-state index in [2.05, 4.69) is 10.3 Å². The number of rotatable bonds is 7. The molecule has 0 saturated heterocycles. The van der Waals surface area contributed by atoms with E-state index < -0.39 is 11.9 Å². The highest BCUT2D eigenvalue weighted by atomic mass is 32.1. The number of H-pyrrole nitrogens is 1. The molecule has 0 amide bonds. The molecule has 3 N–H and O–H groups in total. The Balaban J connectivity index is 1.69. The van der Waals surface area contributed by atoms with Crippen molar-refractivity contribution in [1.82, 2.24) is 10.3 Å². The number of aromatic nitrogens is 1. The predicted molar refractivity (Wildman–Crippen MR) is 74.5 cm³/mol. The van der Waals surface area contributed by atoms with Crippen LogP contribution >= 0.6 is 11.3 Å². The summed E-state index contributed by atoms with van der Waals surface area (Å²) in [6.45, 7) is 0.732. The highest BCUT2D eigenvalue weighted by molar-refractivity contribution is 7.07. The van der Waals surface area contributed by atoms with Crippen LogP contribution in [0.3, 0.4) is 0 Å². The summed E-state index contributed by atoms with van der Waals surface area (Å²) in [6.07, 6.45) is -0.764. The van der Waals surface area contributed by atoms with Crippen molar-refractivity contribution in [3.63, 3.8) is 0 Å². The Morgan fingerprint density at radius 1 is 1.45 bits per heavy atom. The molecule has 1 unspecified atom stereocenters. The molecule has 2 rings (SSSR count). The van der Waals surface area contributed by atoms with Gasteiger partial charge in [-0.25, -0.2) is 4.39 Å². The van der Waals surface area contributed by atoms with Crippen LogP contribution in [-0.4, -0.2) is 29.3 Å². The second kappa shape index (κ2) is 7.18. The van der Waals surface area contributed by atoms with Crippen LogP contribution in [0, 0.1) is 5.82 Å². The van der Waals surface area contributed by atoms with Gasteiger partial charge in [0.2, 0.25) is 0 Å². The van der Waals surface area contributed by atoms with Gasteiger partial charge in [-0.3, -0.25) is 4.79 Å². The first-order chi connectivity index (χ1) is 9.65. The van der Waals surface area contributed by atoms with Crippen molar-refractivity contribution in [2.45, 2.75) is 12.6 Å². The van der Waals surface area contributed by atoms with Gasteiger partial charge in [-0.2, -0.15) is 0 Å². The number of aliphatic hydroxyl groups is 1. The SMILES string of the molecule is O=c1[nH]c(CNCC(O)COc2ccccc2F)cs1. The fourth-order valence-corrected chi connectivity index (χ4v) is 2.16. The van der Waals surface area contributed by atoms with Crippen LogP contribution in [0.2, 0.25) is 0 Å². The lowest BCUT2D eigenvalue weighted by molar-refractivity contribution is 0.104. The van der Waals surface area contributed by atoms with Crippen LogP contribution in [-0.2, 0) is 6.54 Å². The van der Waals surface area contributed by atoms with E-state index in [1.54, 1.807) is 17.5 Å². The Kier molecular flexibility index (Phi) is 5.28. The van der Waals surface area contributed by atoms with Crippen LogP contribution in [0.25, 0.3) is 0 Å². The fraction of sp³-hybridized carbons (Fsp3) is 0.308. The number of benzene rings is 1. The van der Waals surface area contributed by atoms with Gasteiger partial charge >= 0.3 is 4.87 Å². The second-order valence-corrected chi connectivity index (χ2v) is 5.04. The van der Waals surface area contributed by atoms with Gasteiger partial charge in [0.15, 0.2) is 11.6 Å². The van der Waals surface area contributed by atoms with Crippen molar-refractivity contribution in [2.75, 3.05) is 13.2 Å². The number of nitrogens with one attached hydrogen (secondary N) is 2. The number of aromatic amines is 1. The minimum atomic E-state index is -0.764. The van der Waals surface area contributed by atoms with E-state index in [1.165, 1.54) is 12.1 Å².